The number of carbonyl (C=O) groups excluding carboxylic acids is 2. The third-order valence-electron chi connectivity index (χ3n) is 11.0. The Bertz CT molecular complexity index is 1690. The van der Waals surface area contributed by atoms with Crippen molar-refractivity contribution < 1.29 is 23.9 Å². The van der Waals surface area contributed by atoms with Crippen LogP contribution in [-0.4, -0.2) is 56.0 Å². The average molecular weight is 692 g/mol. The number of hydrogen-bond acceptors (Lipinski definition) is 5. The largest absolute Gasteiger partial charge is 0.508 e. The van der Waals surface area contributed by atoms with Crippen molar-refractivity contribution in [3.8, 4) is 5.75 Å². The first kappa shape index (κ1) is 36.0. The minimum Gasteiger partial charge on any atom is -0.508 e. The topological polar surface area (TPSA) is 76.1 Å². The van der Waals surface area contributed by atoms with E-state index in [1.807, 2.05) is 19.1 Å². The number of phenols is 1. The maximum Gasteiger partial charge on any atom is 0.261 e. The fourth-order valence-corrected chi connectivity index (χ4v) is 13.4. The Labute approximate surface area is 299 Å². The van der Waals surface area contributed by atoms with Crippen molar-refractivity contribution in [3.05, 3.63) is 107 Å². The summed E-state index contributed by atoms with van der Waals surface area (Å²) in [6, 6.07) is 28.7. The van der Waals surface area contributed by atoms with Crippen LogP contribution < -0.4 is 10.4 Å². The van der Waals surface area contributed by atoms with Gasteiger partial charge in [0.25, 0.3) is 8.32 Å². The molecule has 0 bridgehead atoms. The van der Waals surface area contributed by atoms with Crippen LogP contribution in [0.1, 0.15) is 78.7 Å². The lowest BCUT2D eigenvalue weighted by atomic mass is 9.69. The molecule has 4 atom stereocenters. The van der Waals surface area contributed by atoms with Gasteiger partial charge in [0.05, 0.1) is 31.2 Å². The highest BCUT2D eigenvalue weighted by molar-refractivity contribution is 6.99. The molecule has 1 aliphatic carbocycles. The number of imide groups is 1. The molecule has 3 aliphatic rings. The number of carbonyl (C=O) groups is 2. The highest BCUT2D eigenvalue weighted by atomic mass is 28.4. The summed E-state index contributed by atoms with van der Waals surface area (Å²) in [5, 5.41) is 12.3. The van der Waals surface area contributed by atoms with Crippen LogP contribution >= 0.6 is 0 Å². The van der Waals surface area contributed by atoms with Crippen LogP contribution in [0.5, 0.6) is 5.75 Å². The maximum absolute atomic E-state index is 13.9. The third kappa shape index (κ3) is 6.92. The molecular weight excluding hydrogens is 639 g/mol. The number of aromatic hydroxyl groups is 1. The molecule has 0 spiro atoms. The number of allylic oxidation sites excluding steroid dienone is 1. The summed E-state index contributed by atoms with van der Waals surface area (Å²) < 4.78 is 14.1. The van der Waals surface area contributed by atoms with Crippen LogP contribution in [0.25, 0.3) is 6.08 Å². The van der Waals surface area contributed by atoms with Crippen molar-refractivity contribution in [1.82, 2.24) is 4.90 Å². The second-order valence-electron chi connectivity index (χ2n) is 15.3. The van der Waals surface area contributed by atoms with Gasteiger partial charge in [-0.25, -0.2) is 0 Å². The molecule has 3 aromatic rings. The number of rotatable bonds is 13. The van der Waals surface area contributed by atoms with Gasteiger partial charge in [-0.1, -0.05) is 125 Å². The van der Waals surface area contributed by atoms with E-state index in [9.17, 15) is 14.7 Å². The molecule has 2 heterocycles. The van der Waals surface area contributed by atoms with Crippen LogP contribution in [0.3, 0.4) is 0 Å². The molecule has 0 radical (unpaired) electrons. The summed E-state index contributed by atoms with van der Waals surface area (Å²) >= 11 is 0. The predicted molar refractivity (Wildman–Crippen MR) is 203 cm³/mol. The Balaban J connectivity index is 1.38. The fraction of sp³-hybridized carbons (Fsp3) is 0.442. The predicted octanol–water partition coefficient (Wildman–Crippen LogP) is 7.66. The van der Waals surface area contributed by atoms with Gasteiger partial charge in [-0.3, -0.25) is 14.5 Å². The Morgan fingerprint density at radius 1 is 0.900 bits per heavy atom. The molecule has 2 amide bonds. The van der Waals surface area contributed by atoms with Crippen molar-refractivity contribution in [2.45, 2.75) is 84.3 Å². The number of nitrogens with zero attached hydrogens (tertiary/aromatic N) is 1. The van der Waals surface area contributed by atoms with E-state index in [4.69, 9.17) is 9.16 Å². The summed E-state index contributed by atoms with van der Waals surface area (Å²) in [5.74, 6) is -0.674. The number of hydrogen-bond donors (Lipinski definition) is 1. The molecule has 3 aromatic carbocycles. The molecule has 2 aliphatic heterocycles. The number of amides is 2. The second kappa shape index (κ2) is 15.2. The smallest absolute Gasteiger partial charge is 0.261 e. The molecule has 7 heteroatoms. The van der Waals surface area contributed by atoms with Gasteiger partial charge >= 0.3 is 0 Å². The van der Waals surface area contributed by atoms with E-state index in [0.29, 0.717) is 26.2 Å². The molecule has 2 saturated heterocycles. The first-order chi connectivity index (χ1) is 24.1. The summed E-state index contributed by atoms with van der Waals surface area (Å²) in [7, 11) is -2.85. The van der Waals surface area contributed by atoms with Gasteiger partial charge in [0, 0.05) is 12.5 Å². The van der Waals surface area contributed by atoms with E-state index in [-0.39, 0.29) is 46.5 Å². The normalized spacial score (nSPS) is 22.7. The first-order valence-corrected chi connectivity index (χ1v) is 20.4. The number of ether oxygens (including phenoxy) is 1. The molecule has 0 aromatic heterocycles. The Morgan fingerprint density at radius 2 is 1.58 bits per heavy atom. The summed E-state index contributed by atoms with van der Waals surface area (Å²) in [5.41, 5.74) is 4.63. The highest BCUT2D eigenvalue weighted by Gasteiger charge is 2.57. The standard InChI is InChI=1S/C43H53NO5Si/c1-6-15-30(25-31-16-14-17-33(45)26-31)22-23-38-39-32(27-36-40(37(39)29-48-38)42(47)44(24-7-2)41(36)46)28-49-50(43(3,4)5,34-18-10-8-11-19-34)35-20-12-9-13-21-35/h8-14,16-21,25-26,36-38,40,45H,6-7,15,22-24,27-29H2,1-5H3/b30-25+/t36-,37+,38-,40-/m1/s1. The van der Waals surface area contributed by atoms with Gasteiger partial charge in [-0.15, -0.1) is 0 Å². The molecule has 6 nitrogen and oxygen atoms in total. The van der Waals surface area contributed by atoms with Crippen LogP contribution in [-0.2, 0) is 18.8 Å². The van der Waals surface area contributed by atoms with Gasteiger partial charge in [-0.2, -0.15) is 0 Å². The SMILES string of the molecule is CCC/C(=C\c1cccc(O)c1)CC[C@H]1OC[C@H]2C1=C(CO[Si](c1ccccc1)(c1ccccc1)C(C)(C)C)C[C@H]1C(=O)N(CCC)C(=O)[C@H]12. The molecule has 0 saturated carbocycles. The number of benzene rings is 3. The maximum atomic E-state index is 13.9. The molecule has 0 unspecified atom stereocenters. The summed E-state index contributed by atoms with van der Waals surface area (Å²) in [6.07, 6.45) is 6.93. The van der Waals surface area contributed by atoms with Gasteiger partial charge < -0.3 is 14.3 Å². The van der Waals surface area contributed by atoms with Gasteiger partial charge in [0.2, 0.25) is 11.8 Å². The number of phenolic OH excluding ortho intramolecular Hbond substituents is 1. The summed E-state index contributed by atoms with van der Waals surface area (Å²) in [4.78, 5) is 29.2. The Kier molecular flexibility index (Phi) is 11.0. The third-order valence-corrected chi connectivity index (χ3v) is 15.9. The Morgan fingerprint density at radius 3 is 2.18 bits per heavy atom. The quantitative estimate of drug-likeness (QED) is 0.113. The van der Waals surface area contributed by atoms with Crippen LogP contribution in [0.2, 0.25) is 5.04 Å². The van der Waals surface area contributed by atoms with Gasteiger partial charge in [0.15, 0.2) is 0 Å². The van der Waals surface area contributed by atoms with Crippen molar-refractivity contribution in [1.29, 1.82) is 0 Å². The fourth-order valence-electron chi connectivity index (χ4n) is 8.83. The minimum atomic E-state index is -2.85. The zero-order chi connectivity index (χ0) is 35.5. The molecule has 264 valence electrons. The molecule has 2 fully saturated rings. The van der Waals surface area contributed by atoms with E-state index in [2.05, 4.69) is 94.4 Å². The first-order valence-electron chi connectivity index (χ1n) is 18.5. The van der Waals surface area contributed by atoms with E-state index >= 15 is 0 Å². The van der Waals surface area contributed by atoms with Crippen LogP contribution in [0, 0.1) is 17.8 Å². The van der Waals surface area contributed by atoms with E-state index < -0.39 is 8.32 Å². The Hall–Kier alpha value is -3.78. The van der Waals surface area contributed by atoms with Gasteiger partial charge in [0.1, 0.15) is 5.75 Å². The van der Waals surface area contributed by atoms with E-state index in [0.717, 1.165) is 43.2 Å². The van der Waals surface area contributed by atoms with Crippen molar-refractivity contribution in [2.24, 2.45) is 17.8 Å². The molecule has 1 N–H and O–H groups in total. The monoisotopic (exact) mass is 691 g/mol. The molecule has 50 heavy (non-hydrogen) atoms. The van der Waals surface area contributed by atoms with Crippen molar-refractivity contribution in [2.75, 3.05) is 19.8 Å². The highest BCUT2D eigenvalue weighted by Crippen LogP contribution is 2.50. The number of likely N-dealkylation sites (tertiary alicyclic amines) is 1. The van der Waals surface area contributed by atoms with Crippen LogP contribution in [0.4, 0.5) is 0 Å². The van der Waals surface area contributed by atoms with Gasteiger partial charge in [-0.05, 0) is 76.4 Å². The number of fused-ring (bicyclic) bond motifs is 3. The van der Waals surface area contributed by atoms with E-state index in [1.165, 1.54) is 26.4 Å². The minimum absolute atomic E-state index is 0.0315. The van der Waals surface area contributed by atoms with Crippen LogP contribution in [0.15, 0.2) is 102 Å². The lowest BCUT2D eigenvalue weighted by Gasteiger charge is -2.44. The molecular formula is C43H53NO5Si. The summed E-state index contributed by atoms with van der Waals surface area (Å²) in [6.45, 7) is 12.4. The van der Waals surface area contributed by atoms with Crippen molar-refractivity contribution in [3.63, 3.8) is 0 Å². The lowest BCUT2D eigenvalue weighted by molar-refractivity contribution is -0.140. The van der Waals surface area contributed by atoms with E-state index in [1.54, 1.807) is 12.1 Å². The zero-order valence-corrected chi connectivity index (χ0v) is 31.4. The zero-order valence-electron chi connectivity index (χ0n) is 30.4. The molecule has 6 rings (SSSR count). The van der Waals surface area contributed by atoms with Crippen molar-refractivity contribution >= 4 is 36.6 Å². The second-order valence-corrected chi connectivity index (χ2v) is 19.6. The lowest BCUT2D eigenvalue weighted by Crippen LogP contribution is -2.66. The average Bonchev–Trinajstić information content (AvgIpc) is 3.63.